The molecule has 0 radical (unpaired) electrons. The molecule has 0 bridgehead atoms. The number of para-hydroxylation sites is 1. The fourth-order valence-corrected chi connectivity index (χ4v) is 4.59. The van der Waals surface area contributed by atoms with Crippen molar-refractivity contribution in [1.29, 1.82) is 0 Å². The molecular weight excluding hydrogens is 330 g/mol. The van der Waals surface area contributed by atoms with E-state index in [1.54, 1.807) is 16.8 Å². The fourth-order valence-electron chi connectivity index (χ4n) is 2.96. The average Bonchev–Trinajstić information content (AvgIpc) is 3.11. The zero-order valence-electron chi connectivity index (χ0n) is 13.5. The van der Waals surface area contributed by atoms with Crippen LogP contribution in [0.15, 0.2) is 41.6 Å². The van der Waals surface area contributed by atoms with Gasteiger partial charge < -0.3 is 5.11 Å². The first kappa shape index (κ1) is 16.5. The van der Waals surface area contributed by atoms with Gasteiger partial charge in [-0.2, -0.15) is 5.10 Å². The van der Waals surface area contributed by atoms with Crippen LogP contribution in [0.25, 0.3) is 0 Å². The van der Waals surface area contributed by atoms with Crippen molar-refractivity contribution < 1.29 is 18.3 Å². The molecule has 0 aliphatic carbocycles. The van der Waals surface area contributed by atoms with E-state index in [1.165, 1.54) is 16.7 Å². The van der Waals surface area contributed by atoms with Crippen molar-refractivity contribution in [2.75, 3.05) is 4.31 Å². The molecule has 0 unspecified atom stereocenters. The SMILES string of the molecule is CC(C)n1cc(S(=O)(=O)N2c3ccccc3C[C@H]2CC(=O)O)cn1. The van der Waals surface area contributed by atoms with E-state index >= 15 is 0 Å². The third-order valence-electron chi connectivity index (χ3n) is 4.09. The largest absolute Gasteiger partial charge is 0.481 e. The number of aliphatic carboxylic acids is 1. The maximum atomic E-state index is 13.1. The molecule has 0 fully saturated rings. The first-order valence-corrected chi connectivity index (χ1v) is 9.13. The number of anilines is 1. The molecule has 0 spiro atoms. The minimum Gasteiger partial charge on any atom is -0.481 e. The summed E-state index contributed by atoms with van der Waals surface area (Å²) in [4.78, 5) is 11.2. The molecule has 1 N–H and O–H groups in total. The third kappa shape index (κ3) is 2.77. The van der Waals surface area contributed by atoms with E-state index < -0.39 is 22.0 Å². The Bertz CT molecular complexity index is 873. The number of carbonyl (C=O) groups is 1. The monoisotopic (exact) mass is 349 g/mol. The van der Waals surface area contributed by atoms with Crippen LogP contribution >= 0.6 is 0 Å². The maximum Gasteiger partial charge on any atom is 0.305 e. The van der Waals surface area contributed by atoms with Gasteiger partial charge in [0.05, 0.1) is 24.3 Å². The zero-order valence-corrected chi connectivity index (χ0v) is 14.3. The van der Waals surface area contributed by atoms with Crippen LogP contribution in [0.3, 0.4) is 0 Å². The number of hydrogen-bond acceptors (Lipinski definition) is 4. The normalized spacial score (nSPS) is 17.3. The van der Waals surface area contributed by atoms with E-state index in [2.05, 4.69) is 5.10 Å². The molecule has 2 aromatic rings. The predicted octanol–water partition coefficient (Wildman–Crippen LogP) is 2.06. The zero-order chi connectivity index (χ0) is 17.5. The molecule has 1 aromatic carbocycles. The van der Waals surface area contributed by atoms with Gasteiger partial charge in [0.25, 0.3) is 10.0 Å². The third-order valence-corrected chi connectivity index (χ3v) is 5.91. The van der Waals surface area contributed by atoms with Crippen molar-refractivity contribution in [2.45, 2.75) is 43.7 Å². The Morgan fingerprint density at radius 3 is 2.71 bits per heavy atom. The highest BCUT2D eigenvalue weighted by molar-refractivity contribution is 7.92. The number of aromatic nitrogens is 2. The van der Waals surface area contributed by atoms with Gasteiger partial charge in [-0.3, -0.25) is 13.8 Å². The van der Waals surface area contributed by atoms with Gasteiger partial charge >= 0.3 is 5.97 Å². The van der Waals surface area contributed by atoms with Crippen LogP contribution < -0.4 is 4.31 Å². The van der Waals surface area contributed by atoms with Crippen molar-refractivity contribution >= 4 is 21.7 Å². The Labute approximate surface area is 140 Å². The summed E-state index contributed by atoms with van der Waals surface area (Å²) in [6.45, 7) is 3.81. The van der Waals surface area contributed by atoms with Crippen LogP contribution in [-0.4, -0.2) is 35.3 Å². The van der Waals surface area contributed by atoms with Crippen molar-refractivity contribution in [3.05, 3.63) is 42.2 Å². The van der Waals surface area contributed by atoms with E-state index in [0.29, 0.717) is 12.1 Å². The van der Waals surface area contributed by atoms with Gasteiger partial charge in [0.1, 0.15) is 4.90 Å². The Morgan fingerprint density at radius 2 is 2.08 bits per heavy atom. The molecule has 3 rings (SSSR count). The highest BCUT2D eigenvalue weighted by Gasteiger charge is 2.39. The molecule has 1 aromatic heterocycles. The molecule has 1 aliphatic heterocycles. The molecule has 0 saturated heterocycles. The van der Waals surface area contributed by atoms with Crippen LogP contribution in [0.4, 0.5) is 5.69 Å². The standard InChI is InChI=1S/C16H19N3O4S/c1-11(2)18-10-14(9-17-18)24(22,23)19-13(8-16(20)21)7-12-5-3-4-6-15(12)19/h3-6,9-11,13H,7-8H2,1-2H3,(H,20,21)/t13-/m0/s1. The number of rotatable bonds is 5. The molecule has 1 atom stereocenters. The Hall–Kier alpha value is -2.35. The first-order valence-electron chi connectivity index (χ1n) is 7.69. The molecule has 0 saturated carbocycles. The number of carboxylic acids is 1. The second-order valence-corrected chi connectivity index (χ2v) is 7.95. The van der Waals surface area contributed by atoms with Crippen molar-refractivity contribution in [3.8, 4) is 0 Å². The number of sulfonamides is 1. The summed E-state index contributed by atoms with van der Waals surface area (Å²) in [5, 5.41) is 13.2. The lowest BCUT2D eigenvalue weighted by atomic mass is 10.1. The quantitative estimate of drug-likeness (QED) is 0.892. The lowest BCUT2D eigenvalue weighted by Crippen LogP contribution is -2.39. The number of hydrogen-bond donors (Lipinski definition) is 1. The lowest BCUT2D eigenvalue weighted by Gasteiger charge is -2.25. The second-order valence-electron chi connectivity index (χ2n) is 6.14. The first-order chi connectivity index (χ1) is 11.3. The smallest absolute Gasteiger partial charge is 0.305 e. The molecule has 0 amide bonds. The molecule has 24 heavy (non-hydrogen) atoms. The van der Waals surface area contributed by atoms with Gasteiger partial charge in [-0.25, -0.2) is 8.42 Å². The molecule has 7 nitrogen and oxygen atoms in total. The van der Waals surface area contributed by atoms with Gasteiger partial charge in [0.2, 0.25) is 0 Å². The minimum absolute atomic E-state index is 0.0367. The van der Waals surface area contributed by atoms with Crippen molar-refractivity contribution in [2.24, 2.45) is 0 Å². The fraction of sp³-hybridized carbons (Fsp3) is 0.375. The number of nitrogens with zero attached hydrogens (tertiary/aromatic N) is 3. The summed E-state index contributed by atoms with van der Waals surface area (Å²) in [5.74, 6) is -1.02. The van der Waals surface area contributed by atoms with E-state index in [4.69, 9.17) is 5.11 Å². The van der Waals surface area contributed by atoms with Gasteiger partial charge in [0.15, 0.2) is 0 Å². The van der Waals surface area contributed by atoms with Gasteiger partial charge in [-0.1, -0.05) is 18.2 Å². The Balaban J connectivity index is 2.06. The highest BCUT2D eigenvalue weighted by Crippen LogP contribution is 2.37. The van der Waals surface area contributed by atoms with Crippen LogP contribution in [0.2, 0.25) is 0 Å². The Kier molecular flexibility index (Phi) is 4.08. The topological polar surface area (TPSA) is 92.5 Å². The highest BCUT2D eigenvalue weighted by atomic mass is 32.2. The predicted molar refractivity (Wildman–Crippen MR) is 88.5 cm³/mol. The van der Waals surface area contributed by atoms with Gasteiger partial charge in [-0.15, -0.1) is 0 Å². The maximum absolute atomic E-state index is 13.1. The van der Waals surface area contributed by atoms with E-state index in [9.17, 15) is 13.2 Å². The minimum atomic E-state index is -3.87. The van der Waals surface area contributed by atoms with E-state index in [0.717, 1.165) is 5.56 Å². The van der Waals surface area contributed by atoms with Crippen LogP contribution in [0, 0.1) is 0 Å². The second kappa shape index (κ2) is 5.94. The average molecular weight is 349 g/mol. The van der Waals surface area contributed by atoms with E-state index in [-0.39, 0.29) is 17.4 Å². The molecule has 8 heteroatoms. The summed E-state index contributed by atoms with van der Waals surface area (Å²) in [6, 6.07) is 6.52. The lowest BCUT2D eigenvalue weighted by molar-refractivity contribution is -0.137. The summed E-state index contributed by atoms with van der Waals surface area (Å²) >= 11 is 0. The summed E-state index contributed by atoms with van der Waals surface area (Å²) in [6.07, 6.45) is 2.94. The summed E-state index contributed by atoms with van der Waals surface area (Å²) in [5.41, 5.74) is 1.38. The van der Waals surface area contributed by atoms with E-state index in [1.807, 2.05) is 26.0 Å². The van der Waals surface area contributed by atoms with Crippen LogP contribution in [-0.2, 0) is 21.2 Å². The molecule has 1 aliphatic rings. The van der Waals surface area contributed by atoms with Crippen molar-refractivity contribution in [1.82, 2.24) is 9.78 Å². The van der Waals surface area contributed by atoms with Crippen LogP contribution in [0.1, 0.15) is 31.9 Å². The molecule has 2 heterocycles. The number of carboxylic acid groups (broad SMARTS) is 1. The number of fused-ring (bicyclic) bond motifs is 1. The summed E-state index contributed by atoms with van der Waals surface area (Å²) in [7, 11) is -3.87. The van der Waals surface area contributed by atoms with Crippen LogP contribution in [0.5, 0.6) is 0 Å². The van der Waals surface area contributed by atoms with Gasteiger partial charge in [0, 0.05) is 12.2 Å². The summed E-state index contributed by atoms with van der Waals surface area (Å²) < 4.78 is 29.0. The van der Waals surface area contributed by atoms with Crippen molar-refractivity contribution in [3.63, 3.8) is 0 Å². The Morgan fingerprint density at radius 1 is 1.38 bits per heavy atom. The molecular formula is C16H19N3O4S. The number of benzene rings is 1. The van der Waals surface area contributed by atoms with Gasteiger partial charge in [-0.05, 0) is 31.9 Å². The molecule has 128 valence electrons.